The number of hydrogen-bond acceptors (Lipinski definition) is 3. The van der Waals surface area contributed by atoms with Crippen molar-refractivity contribution in [1.82, 2.24) is 4.90 Å². The highest BCUT2D eigenvalue weighted by Crippen LogP contribution is 2.39. The zero-order chi connectivity index (χ0) is 20.5. The molecular weight excluding hydrogens is 362 g/mol. The first-order valence-electron chi connectivity index (χ1n) is 9.85. The highest BCUT2D eigenvalue weighted by atomic mass is 16.3. The smallest absolute Gasteiger partial charge is 0.295 e. The molecule has 4 rings (SSSR count). The van der Waals surface area contributed by atoms with E-state index in [1.54, 1.807) is 11.0 Å². The molecule has 3 aromatic rings. The molecule has 1 atom stereocenters. The van der Waals surface area contributed by atoms with E-state index in [0.29, 0.717) is 12.1 Å². The molecule has 29 heavy (non-hydrogen) atoms. The summed E-state index contributed by atoms with van der Waals surface area (Å²) in [5.74, 6) is -1.31. The number of carbonyl (C=O) groups excluding carboxylic acids is 2. The lowest BCUT2D eigenvalue weighted by molar-refractivity contribution is -0.139. The second-order valence-corrected chi connectivity index (χ2v) is 7.47. The SMILES string of the molecule is CCCN1C(=O)C(=O)/C(=C(\O)c2ccc3ccccc3c2)C1c1cccc(C)c1. The maximum atomic E-state index is 12.9. The monoisotopic (exact) mass is 385 g/mol. The molecule has 0 bridgehead atoms. The fourth-order valence-electron chi connectivity index (χ4n) is 4.03. The summed E-state index contributed by atoms with van der Waals surface area (Å²) >= 11 is 0. The third-order valence-corrected chi connectivity index (χ3v) is 5.39. The molecule has 1 fully saturated rings. The van der Waals surface area contributed by atoms with Crippen LogP contribution in [0.1, 0.15) is 36.1 Å². The summed E-state index contributed by atoms with van der Waals surface area (Å²) in [4.78, 5) is 27.3. The number of hydrogen-bond donors (Lipinski definition) is 1. The molecule has 1 saturated heterocycles. The van der Waals surface area contributed by atoms with Gasteiger partial charge in [-0.25, -0.2) is 0 Å². The van der Waals surface area contributed by atoms with Gasteiger partial charge in [0.15, 0.2) is 0 Å². The third kappa shape index (κ3) is 3.31. The molecule has 4 nitrogen and oxygen atoms in total. The molecule has 0 aromatic heterocycles. The van der Waals surface area contributed by atoms with Gasteiger partial charge in [0.05, 0.1) is 11.6 Å². The van der Waals surface area contributed by atoms with Gasteiger partial charge in [-0.05, 0) is 35.7 Å². The van der Waals surface area contributed by atoms with Crippen LogP contribution in [0.5, 0.6) is 0 Å². The molecule has 0 saturated carbocycles. The molecule has 1 unspecified atom stereocenters. The van der Waals surface area contributed by atoms with Crippen LogP contribution in [0.25, 0.3) is 16.5 Å². The minimum Gasteiger partial charge on any atom is -0.507 e. The van der Waals surface area contributed by atoms with Gasteiger partial charge in [-0.3, -0.25) is 9.59 Å². The van der Waals surface area contributed by atoms with Crippen molar-refractivity contribution in [3.8, 4) is 0 Å². The summed E-state index contributed by atoms with van der Waals surface area (Å²) in [5.41, 5.74) is 2.57. The maximum absolute atomic E-state index is 12.9. The number of nitrogens with zero attached hydrogens (tertiary/aromatic N) is 1. The average Bonchev–Trinajstić information content (AvgIpc) is 2.98. The van der Waals surface area contributed by atoms with Gasteiger partial charge < -0.3 is 10.0 Å². The van der Waals surface area contributed by atoms with E-state index in [9.17, 15) is 14.7 Å². The van der Waals surface area contributed by atoms with Crippen LogP contribution in [0.3, 0.4) is 0 Å². The molecule has 4 heteroatoms. The average molecular weight is 385 g/mol. The Labute approximate surface area is 170 Å². The largest absolute Gasteiger partial charge is 0.507 e. The maximum Gasteiger partial charge on any atom is 0.295 e. The van der Waals surface area contributed by atoms with Crippen LogP contribution in [0.15, 0.2) is 72.3 Å². The van der Waals surface area contributed by atoms with Crippen molar-refractivity contribution in [3.05, 3.63) is 89.0 Å². The second-order valence-electron chi connectivity index (χ2n) is 7.47. The summed E-state index contributed by atoms with van der Waals surface area (Å²) in [6.45, 7) is 4.40. The Balaban J connectivity index is 1.91. The van der Waals surface area contributed by atoms with E-state index in [4.69, 9.17) is 0 Å². The van der Waals surface area contributed by atoms with Crippen LogP contribution in [0.4, 0.5) is 0 Å². The first-order valence-corrected chi connectivity index (χ1v) is 9.85. The minimum absolute atomic E-state index is 0.126. The van der Waals surface area contributed by atoms with Gasteiger partial charge in [0.1, 0.15) is 5.76 Å². The van der Waals surface area contributed by atoms with Gasteiger partial charge in [0.25, 0.3) is 11.7 Å². The topological polar surface area (TPSA) is 57.6 Å². The Morgan fingerprint density at radius 3 is 2.45 bits per heavy atom. The van der Waals surface area contributed by atoms with E-state index in [1.807, 2.05) is 74.5 Å². The van der Waals surface area contributed by atoms with Crippen molar-refractivity contribution in [2.45, 2.75) is 26.3 Å². The molecule has 0 spiro atoms. The lowest BCUT2D eigenvalue weighted by Crippen LogP contribution is -2.30. The number of likely N-dealkylation sites (tertiary alicyclic amines) is 1. The predicted molar refractivity (Wildman–Crippen MR) is 114 cm³/mol. The summed E-state index contributed by atoms with van der Waals surface area (Å²) in [7, 11) is 0. The molecule has 1 aliphatic rings. The van der Waals surface area contributed by atoms with Crippen LogP contribution in [0.2, 0.25) is 0 Å². The van der Waals surface area contributed by atoms with Crippen molar-refractivity contribution in [2.24, 2.45) is 0 Å². The first kappa shape index (κ1) is 18.9. The number of aliphatic hydroxyl groups is 1. The van der Waals surface area contributed by atoms with Gasteiger partial charge in [0, 0.05) is 12.1 Å². The number of aryl methyl sites for hydroxylation is 1. The fraction of sp³-hybridized carbons (Fsp3) is 0.200. The van der Waals surface area contributed by atoms with Crippen LogP contribution in [-0.2, 0) is 9.59 Å². The molecule has 1 N–H and O–H groups in total. The van der Waals surface area contributed by atoms with Gasteiger partial charge in [-0.2, -0.15) is 0 Å². The van der Waals surface area contributed by atoms with Crippen LogP contribution < -0.4 is 0 Å². The lowest BCUT2D eigenvalue weighted by Gasteiger charge is -2.25. The standard InChI is InChI=1S/C25H23NO3/c1-3-13-26-22(19-10-6-7-16(2)14-19)21(24(28)25(26)29)23(27)20-12-11-17-8-4-5-9-18(17)15-20/h4-12,14-15,22,27H,3,13H2,1-2H3/b23-21-. The number of amides is 1. The van der Waals surface area contributed by atoms with Crippen LogP contribution in [0, 0.1) is 6.92 Å². The van der Waals surface area contributed by atoms with Crippen molar-refractivity contribution in [3.63, 3.8) is 0 Å². The zero-order valence-electron chi connectivity index (χ0n) is 16.6. The Kier molecular flexibility index (Phi) is 4.93. The molecule has 0 aliphatic carbocycles. The highest BCUT2D eigenvalue weighted by molar-refractivity contribution is 6.46. The third-order valence-electron chi connectivity index (χ3n) is 5.39. The van der Waals surface area contributed by atoms with E-state index in [-0.39, 0.29) is 11.3 Å². The minimum atomic E-state index is -0.629. The highest BCUT2D eigenvalue weighted by Gasteiger charge is 2.45. The number of fused-ring (bicyclic) bond motifs is 1. The molecule has 1 heterocycles. The van der Waals surface area contributed by atoms with E-state index in [2.05, 4.69) is 0 Å². The predicted octanol–water partition coefficient (Wildman–Crippen LogP) is 4.98. The van der Waals surface area contributed by atoms with E-state index >= 15 is 0 Å². The summed E-state index contributed by atoms with van der Waals surface area (Å²) in [5, 5.41) is 13.1. The number of benzene rings is 3. The number of carbonyl (C=O) groups is 2. The molecule has 1 aliphatic heterocycles. The van der Waals surface area contributed by atoms with Crippen molar-refractivity contribution < 1.29 is 14.7 Å². The lowest BCUT2D eigenvalue weighted by atomic mass is 9.93. The van der Waals surface area contributed by atoms with Crippen LogP contribution >= 0.6 is 0 Å². The first-order chi connectivity index (χ1) is 14.0. The second kappa shape index (κ2) is 7.55. The number of aliphatic hydroxyl groups excluding tert-OH is 1. The molecular formula is C25H23NO3. The Morgan fingerprint density at radius 2 is 1.72 bits per heavy atom. The number of Topliss-reactive ketones (excluding diaryl/α,β-unsaturated/α-hetero) is 1. The molecule has 1 amide bonds. The van der Waals surface area contributed by atoms with Crippen molar-refractivity contribution in [2.75, 3.05) is 6.54 Å². The summed E-state index contributed by atoms with van der Waals surface area (Å²) in [6, 6.07) is 20.6. The Morgan fingerprint density at radius 1 is 0.966 bits per heavy atom. The van der Waals surface area contributed by atoms with Gasteiger partial charge in [0.2, 0.25) is 0 Å². The zero-order valence-corrected chi connectivity index (χ0v) is 16.6. The van der Waals surface area contributed by atoms with Crippen molar-refractivity contribution >= 4 is 28.2 Å². The van der Waals surface area contributed by atoms with E-state index in [0.717, 1.165) is 28.3 Å². The molecule has 0 radical (unpaired) electrons. The van der Waals surface area contributed by atoms with Crippen molar-refractivity contribution in [1.29, 1.82) is 0 Å². The summed E-state index contributed by atoms with van der Waals surface area (Å²) < 4.78 is 0. The number of ketones is 1. The molecule has 146 valence electrons. The van der Waals surface area contributed by atoms with Gasteiger partial charge >= 0.3 is 0 Å². The van der Waals surface area contributed by atoms with Crippen LogP contribution in [-0.4, -0.2) is 28.2 Å². The van der Waals surface area contributed by atoms with E-state index in [1.165, 1.54) is 0 Å². The molecule has 3 aromatic carbocycles. The Hall–Kier alpha value is -3.40. The normalized spacial score (nSPS) is 18.6. The number of rotatable bonds is 4. The quantitative estimate of drug-likeness (QED) is 0.391. The van der Waals surface area contributed by atoms with E-state index < -0.39 is 17.7 Å². The fourth-order valence-corrected chi connectivity index (χ4v) is 4.03. The Bertz CT molecular complexity index is 1150. The van der Waals surface area contributed by atoms with Gasteiger partial charge in [-0.15, -0.1) is 0 Å². The van der Waals surface area contributed by atoms with Gasteiger partial charge in [-0.1, -0.05) is 73.2 Å². The summed E-state index contributed by atoms with van der Waals surface area (Å²) in [6.07, 6.45) is 0.728.